The SMILES string of the molecule is O=C1CCC(N2C(=O)c3cc(O)nc4cccc2c34)C(=O)N1. The molecule has 2 N–H and O–H groups in total. The Labute approximate surface area is 124 Å². The van der Waals surface area contributed by atoms with Crippen LogP contribution in [0.25, 0.3) is 10.9 Å². The molecule has 1 fully saturated rings. The van der Waals surface area contributed by atoms with Gasteiger partial charge in [0.1, 0.15) is 6.04 Å². The maximum atomic E-state index is 12.7. The van der Waals surface area contributed by atoms with Crippen molar-refractivity contribution in [3.05, 3.63) is 29.8 Å². The molecule has 2 aromatic rings. The quantitative estimate of drug-likeness (QED) is 0.755. The van der Waals surface area contributed by atoms with E-state index in [1.54, 1.807) is 18.2 Å². The summed E-state index contributed by atoms with van der Waals surface area (Å²) < 4.78 is 0. The number of aromatic hydroxyl groups is 1. The van der Waals surface area contributed by atoms with E-state index in [2.05, 4.69) is 10.3 Å². The third-order valence-electron chi connectivity index (χ3n) is 4.03. The zero-order chi connectivity index (χ0) is 15.4. The Morgan fingerprint density at radius 3 is 2.86 bits per heavy atom. The highest BCUT2D eigenvalue weighted by atomic mass is 16.3. The second kappa shape index (κ2) is 4.27. The van der Waals surface area contributed by atoms with Gasteiger partial charge in [-0.3, -0.25) is 24.6 Å². The van der Waals surface area contributed by atoms with Crippen LogP contribution in [0.1, 0.15) is 23.2 Å². The highest BCUT2D eigenvalue weighted by molar-refractivity contribution is 6.26. The Kier molecular flexibility index (Phi) is 2.47. The van der Waals surface area contributed by atoms with Gasteiger partial charge in [-0.15, -0.1) is 0 Å². The van der Waals surface area contributed by atoms with Crippen LogP contribution in [0.4, 0.5) is 5.69 Å². The molecule has 1 atom stereocenters. The van der Waals surface area contributed by atoms with E-state index in [0.717, 1.165) is 0 Å². The average molecular weight is 297 g/mol. The van der Waals surface area contributed by atoms with Crippen LogP contribution in [0.5, 0.6) is 5.88 Å². The number of nitrogens with zero attached hydrogens (tertiary/aromatic N) is 2. The van der Waals surface area contributed by atoms with Gasteiger partial charge in [0.15, 0.2) is 0 Å². The molecule has 110 valence electrons. The number of nitrogens with one attached hydrogen (secondary N) is 1. The fraction of sp³-hybridized carbons (Fsp3) is 0.200. The van der Waals surface area contributed by atoms with Crippen molar-refractivity contribution in [3.63, 3.8) is 0 Å². The summed E-state index contributed by atoms with van der Waals surface area (Å²) in [5.41, 5.74) is 1.40. The molecule has 2 aliphatic heterocycles. The first-order valence-electron chi connectivity index (χ1n) is 6.86. The summed E-state index contributed by atoms with van der Waals surface area (Å²) in [5, 5.41) is 12.5. The Bertz CT molecular complexity index is 861. The predicted octanol–water partition coefficient (Wildman–Crippen LogP) is 0.706. The molecule has 3 amide bonds. The van der Waals surface area contributed by atoms with Crippen LogP contribution in [-0.2, 0) is 9.59 Å². The van der Waals surface area contributed by atoms with Gasteiger partial charge >= 0.3 is 0 Å². The molecular weight excluding hydrogens is 286 g/mol. The van der Waals surface area contributed by atoms with Gasteiger partial charge in [0.05, 0.1) is 16.8 Å². The van der Waals surface area contributed by atoms with Crippen molar-refractivity contribution in [2.75, 3.05) is 4.90 Å². The Morgan fingerprint density at radius 1 is 1.27 bits per heavy atom. The Morgan fingerprint density at radius 2 is 2.09 bits per heavy atom. The Hall–Kier alpha value is -2.96. The van der Waals surface area contributed by atoms with Crippen LogP contribution < -0.4 is 10.2 Å². The van der Waals surface area contributed by atoms with Crippen molar-refractivity contribution in [1.29, 1.82) is 0 Å². The summed E-state index contributed by atoms with van der Waals surface area (Å²) in [6.45, 7) is 0. The monoisotopic (exact) mass is 297 g/mol. The van der Waals surface area contributed by atoms with E-state index in [1.807, 2.05) is 0 Å². The number of imide groups is 1. The van der Waals surface area contributed by atoms with Gasteiger partial charge in [0.25, 0.3) is 5.91 Å². The maximum absolute atomic E-state index is 12.7. The van der Waals surface area contributed by atoms with Crippen molar-refractivity contribution in [3.8, 4) is 5.88 Å². The molecule has 1 aromatic carbocycles. The first-order valence-corrected chi connectivity index (χ1v) is 6.86. The lowest BCUT2D eigenvalue weighted by atomic mass is 10.0. The number of carbonyl (C=O) groups excluding carboxylic acids is 3. The minimum atomic E-state index is -0.731. The van der Waals surface area contributed by atoms with Crippen LogP contribution in [0.15, 0.2) is 24.3 Å². The maximum Gasteiger partial charge on any atom is 0.260 e. The number of benzene rings is 1. The number of piperidine rings is 1. The molecule has 1 aromatic heterocycles. The molecule has 4 rings (SSSR count). The number of carbonyl (C=O) groups is 3. The summed E-state index contributed by atoms with van der Waals surface area (Å²) in [6, 6.07) is 5.72. The van der Waals surface area contributed by atoms with Crippen LogP contribution >= 0.6 is 0 Å². The molecule has 0 bridgehead atoms. The third kappa shape index (κ3) is 1.62. The molecule has 1 saturated heterocycles. The van der Waals surface area contributed by atoms with Crippen LogP contribution in [0.2, 0.25) is 0 Å². The summed E-state index contributed by atoms with van der Waals surface area (Å²) in [5.74, 6) is -1.41. The molecular formula is C15H11N3O4. The van der Waals surface area contributed by atoms with Gasteiger partial charge < -0.3 is 5.11 Å². The van der Waals surface area contributed by atoms with E-state index in [1.165, 1.54) is 11.0 Å². The number of hydrogen-bond donors (Lipinski definition) is 2. The summed E-state index contributed by atoms with van der Waals surface area (Å²) in [4.78, 5) is 41.4. The highest BCUT2D eigenvalue weighted by Crippen LogP contribution is 2.40. The summed E-state index contributed by atoms with van der Waals surface area (Å²) in [6.07, 6.45) is 0.468. The third-order valence-corrected chi connectivity index (χ3v) is 4.03. The largest absolute Gasteiger partial charge is 0.493 e. The van der Waals surface area contributed by atoms with Crippen molar-refractivity contribution >= 4 is 34.3 Å². The number of pyridine rings is 1. The average Bonchev–Trinajstić information content (AvgIpc) is 2.74. The zero-order valence-corrected chi connectivity index (χ0v) is 11.4. The molecule has 0 radical (unpaired) electrons. The van der Waals surface area contributed by atoms with E-state index >= 15 is 0 Å². The van der Waals surface area contributed by atoms with E-state index in [9.17, 15) is 19.5 Å². The number of hydrogen-bond acceptors (Lipinski definition) is 5. The summed E-state index contributed by atoms with van der Waals surface area (Å²) in [7, 11) is 0. The first kappa shape index (κ1) is 12.8. The van der Waals surface area contributed by atoms with Crippen LogP contribution in [0, 0.1) is 0 Å². The van der Waals surface area contributed by atoms with Crippen LogP contribution in [0.3, 0.4) is 0 Å². The van der Waals surface area contributed by atoms with E-state index in [4.69, 9.17) is 0 Å². The fourth-order valence-electron chi connectivity index (χ4n) is 3.10. The lowest BCUT2D eigenvalue weighted by Gasteiger charge is -2.30. The van der Waals surface area contributed by atoms with Crippen molar-refractivity contribution in [1.82, 2.24) is 10.3 Å². The van der Waals surface area contributed by atoms with Crippen LogP contribution in [-0.4, -0.2) is 33.9 Å². The zero-order valence-electron chi connectivity index (χ0n) is 11.4. The van der Waals surface area contributed by atoms with Gasteiger partial charge in [0, 0.05) is 17.9 Å². The van der Waals surface area contributed by atoms with Crippen molar-refractivity contribution in [2.24, 2.45) is 0 Å². The second-order valence-electron chi connectivity index (χ2n) is 5.34. The molecule has 0 saturated carbocycles. The second-order valence-corrected chi connectivity index (χ2v) is 5.34. The molecule has 7 heteroatoms. The normalized spacial score (nSPS) is 20.6. The molecule has 2 aliphatic rings. The Balaban J connectivity index is 1.88. The first-order chi connectivity index (χ1) is 10.6. The summed E-state index contributed by atoms with van der Waals surface area (Å²) >= 11 is 0. The van der Waals surface area contributed by atoms with E-state index in [0.29, 0.717) is 22.2 Å². The minimum Gasteiger partial charge on any atom is -0.493 e. The number of anilines is 1. The smallest absolute Gasteiger partial charge is 0.260 e. The minimum absolute atomic E-state index is 0.190. The molecule has 1 unspecified atom stereocenters. The fourth-order valence-corrected chi connectivity index (χ4v) is 3.10. The highest BCUT2D eigenvalue weighted by Gasteiger charge is 2.41. The molecule has 3 heterocycles. The standard InChI is InChI=1S/C15H11N3O4/c19-11-5-4-10(14(21)17-11)18-9-3-1-2-8-13(9)7(15(18)22)6-12(20)16-8/h1-3,6,10H,4-5H2,(H,16,20)(H,17,19,21). The van der Waals surface area contributed by atoms with Crippen molar-refractivity contribution < 1.29 is 19.5 Å². The number of aromatic nitrogens is 1. The number of rotatable bonds is 1. The molecule has 0 spiro atoms. The van der Waals surface area contributed by atoms with Gasteiger partial charge in [-0.1, -0.05) is 6.07 Å². The molecule has 0 aliphatic carbocycles. The van der Waals surface area contributed by atoms with E-state index < -0.39 is 11.9 Å². The van der Waals surface area contributed by atoms with Gasteiger partial charge in [-0.25, -0.2) is 4.98 Å². The van der Waals surface area contributed by atoms with Crippen molar-refractivity contribution in [2.45, 2.75) is 18.9 Å². The lowest BCUT2D eigenvalue weighted by molar-refractivity contribution is -0.134. The predicted molar refractivity (Wildman–Crippen MR) is 76.4 cm³/mol. The lowest BCUT2D eigenvalue weighted by Crippen LogP contribution is -2.53. The topological polar surface area (TPSA) is 99.6 Å². The van der Waals surface area contributed by atoms with E-state index in [-0.39, 0.29) is 30.5 Å². The van der Waals surface area contributed by atoms with Gasteiger partial charge in [-0.2, -0.15) is 0 Å². The van der Waals surface area contributed by atoms with Gasteiger partial charge in [0.2, 0.25) is 17.7 Å². The number of amides is 3. The van der Waals surface area contributed by atoms with Gasteiger partial charge in [-0.05, 0) is 18.6 Å². The molecule has 22 heavy (non-hydrogen) atoms. The molecule has 7 nitrogen and oxygen atoms in total.